The van der Waals surface area contributed by atoms with Gasteiger partial charge < -0.3 is 14.8 Å². The average molecular weight is 384 g/mol. The first-order chi connectivity index (χ1) is 13.5. The van der Waals surface area contributed by atoms with Crippen molar-refractivity contribution in [2.45, 2.75) is 59.1 Å². The predicted molar refractivity (Wildman–Crippen MR) is 114 cm³/mol. The maximum atomic E-state index is 12.9. The normalized spacial score (nSPS) is 13.1. The van der Waals surface area contributed by atoms with Crippen LogP contribution in [0.2, 0.25) is 0 Å². The largest absolute Gasteiger partial charge is 0.497 e. The number of hydrogen-bond donors (Lipinski definition) is 1. The van der Waals surface area contributed by atoms with Crippen LogP contribution in [0.5, 0.6) is 11.5 Å². The van der Waals surface area contributed by atoms with Gasteiger partial charge in [-0.05, 0) is 60.6 Å². The molecule has 0 aliphatic rings. The van der Waals surface area contributed by atoms with Gasteiger partial charge in [0, 0.05) is 0 Å². The lowest BCUT2D eigenvalue weighted by Gasteiger charge is -2.25. The van der Waals surface area contributed by atoms with Gasteiger partial charge in [-0.2, -0.15) is 0 Å². The second kappa shape index (κ2) is 10.7. The van der Waals surface area contributed by atoms with E-state index in [9.17, 15) is 4.79 Å². The van der Waals surface area contributed by atoms with E-state index in [1.54, 1.807) is 7.11 Å². The Morgan fingerprint density at radius 2 is 1.57 bits per heavy atom. The van der Waals surface area contributed by atoms with Crippen molar-refractivity contribution < 1.29 is 14.3 Å². The van der Waals surface area contributed by atoms with E-state index in [4.69, 9.17) is 9.47 Å². The molecule has 0 heterocycles. The first-order valence-electron chi connectivity index (χ1n) is 10.2. The van der Waals surface area contributed by atoms with Gasteiger partial charge in [0.1, 0.15) is 11.5 Å². The molecule has 0 aromatic heterocycles. The number of carbonyl (C=O) groups is 1. The lowest BCUT2D eigenvalue weighted by atomic mass is 9.96. The van der Waals surface area contributed by atoms with Crippen molar-refractivity contribution in [1.82, 2.24) is 5.32 Å². The Morgan fingerprint density at radius 1 is 0.964 bits per heavy atom. The summed E-state index contributed by atoms with van der Waals surface area (Å²) in [5, 5.41) is 3.19. The Hall–Kier alpha value is -2.49. The summed E-state index contributed by atoms with van der Waals surface area (Å²) in [5.74, 6) is 1.91. The average Bonchev–Trinajstić information content (AvgIpc) is 2.71. The number of nitrogens with one attached hydrogen (secondary N) is 1. The molecule has 4 nitrogen and oxygen atoms in total. The van der Waals surface area contributed by atoms with E-state index < -0.39 is 6.10 Å². The van der Waals surface area contributed by atoms with Crippen molar-refractivity contribution in [3.63, 3.8) is 0 Å². The fourth-order valence-electron chi connectivity index (χ4n) is 3.14. The monoisotopic (exact) mass is 383 g/mol. The maximum Gasteiger partial charge on any atom is 0.261 e. The van der Waals surface area contributed by atoms with Crippen LogP contribution in [0, 0.1) is 5.92 Å². The maximum absolute atomic E-state index is 12.9. The quantitative estimate of drug-likeness (QED) is 0.604. The minimum Gasteiger partial charge on any atom is -0.497 e. The second-order valence-electron chi connectivity index (χ2n) is 7.48. The molecule has 2 rings (SSSR count). The molecule has 152 valence electrons. The summed E-state index contributed by atoms with van der Waals surface area (Å²) < 4.78 is 11.2. The number of methoxy groups -OCH3 is 1. The van der Waals surface area contributed by atoms with Gasteiger partial charge in [0.2, 0.25) is 0 Å². The molecule has 2 aromatic carbocycles. The number of rotatable bonds is 10. The van der Waals surface area contributed by atoms with Crippen molar-refractivity contribution in [2.75, 3.05) is 7.11 Å². The highest BCUT2D eigenvalue weighted by atomic mass is 16.5. The van der Waals surface area contributed by atoms with E-state index in [1.165, 1.54) is 5.56 Å². The number of ether oxygens (including phenoxy) is 2. The molecule has 0 aliphatic heterocycles. The van der Waals surface area contributed by atoms with Crippen molar-refractivity contribution in [2.24, 2.45) is 5.92 Å². The number of hydrogen-bond acceptors (Lipinski definition) is 3. The summed E-state index contributed by atoms with van der Waals surface area (Å²) in [6, 6.07) is 15.8. The van der Waals surface area contributed by atoms with Gasteiger partial charge in [0.25, 0.3) is 5.91 Å². The fraction of sp³-hybridized carbons (Fsp3) is 0.458. The lowest BCUT2D eigenvalue weighted by molar-refractivity contribution is -0.129. The summed E-state index contributed by atoms with van der Waals surface area (Å²) in [4.78, 5) is 12.9. The molecule has 0 spiro atoms. The molecule has 0 aliphatic carbocycles. The van der Waals surface area contributed by atoms with Crippen molar-refractivity contribution in [3.05, 3.63) is 59.7 Å². The predicted octanol–water partition coefficient (Wildman–Crippen LogP) is 5.32. The molecule has 0 unspecified atom stereocenters. The van der Waals surface area contributed by atoms with E-state index in [1.807, 2.05) is 55.5 Å². The molecule has 28 heavy (non-hydrogen) atoms. The van der Waals surface area contributed by atoms with Crippen LogP contribution < -0.4 is 14.8 Å². The number of aryl methyl sites for hydroxylation is 1. The second-order valence-corrected chi connectivity index (χ2v) is 7.48. The van der Waals surface area contributed by atoms with Crippen LogP contribution in [-0.2, 0) is 11.2 Å². The first-order valence-corrected chi connectivity index (χ1v) is 10.2. The molecule has 1 amide bonds. The van der Waals surface area contributed by atoms with Gasteiger partial charge in [-0.1, -0.05) is 52.0 Å². The van der Waals surface area contributed by atoms with Crippen molar-refractivity contribution in [3.8, 4) is 11.5 Å². The number of carbonyl (C=O) groups excluding carboxylic acids is 1. The Kier molecular flexibility index (Phi) is 8.37. The molecule has 0 radical (unpaired) electrons. The summed E-state index contributed by atoms with van der Waals surface area (Å²) in [7, 11) is 1.65. The van der Waals surface area contributed by atoms with Crippen LogP contribution in [0.1, 0.15) is 57.7 Å². The van der Waals surface area contributed by atoms with E-state index in [2.05, 4.69) is 26.1 Å². The highest BCUT2D eigenvalue weighted by Crippen LogP contribution is 2.24. The van der Waals surface area contributed by atoms with Gasteiger partial charge >= 0.3 is 0 Å². The summed E-state index contributed by atoms with van der Waals surface area (Å²) in [6.07, 6.45) is 1.94. The van der Waals surface area contributed by atoms with Crippen molar-refractivity contribution >= 4 is 5.91 Å². The molecule has 0 saturated heterocycles. The SMILES string of the molecule is CCc1ccc(O[C@H](CC)C(=O)N[C@@H](CC(C)C)c2ccc(OC)cc2)cc1. The Morgan fingerprint density at radius 3 is 2.07 bits per heavy atom. The van der Waals surface area contributed by atoms with Crippen LogP contribution in [0.3, 0.4) is 0 Å². The molecular formula is C24H33NO3. The molecule has 0 fully saturated rings. The summed E-state index contributed by atoms with van der Waals surface area (Å²) in [6.45, 7) is 8.40. The van der Waals surface area contributed by atoms with Gasteiger partial charge in [-0.15, -0.1) is 0 Å². The van der Waals surface area contributed by atoms with E-state index in [0.29, 0.717) is 12.3 Å². The summed E-state index contributed by atoms with van der Waals surface area (Å²) >= 11 is 0. The number of amides is 1. The lowest BCUT2D eigenvalue weighted by Crippen LogP contribution is -2.40. The zero-order valence-electron chi connectivity index (χ0n) is 17.7. The van der Waals surface area contributed by atoms with Crippen LogP contribution >= 0.6 is 0 Å². The van der Waals surface area contributed by atoms with Crippen LogP contribution in [0.4, 0.5) is 0 Å². The van der Waals surface area contributed by atoms with Gasteiger partial charge in [0.05, 0.1) is 13.2 Å². The molecule has 4 heteroatoms. The molecule has 0 bridgehead atoms. The van der Waals surface area contributed by atoms with E-state index in [0.717, 1.165) is 29.9 Å². The van der Waals surface area contributed by atoms with Crippen molar-refractivity contribution in [1.29, 1.82) is 0 Å². The summed E-state index contributed by atoms with van der Waals surface area (Å²) in [5.41, 5.74) is 2.33. The standard InChI is InChI=1S/C24H33NO3/c1-6-18-8-12-21(13-9-18)28-23(7-2)24(26)25-22(16-17(3)4)19-10-14-20(27-5)15-11-19/h8-15,17,22-23H,6-7,16H2,1-5H3,(H,25,26)/t22-,23+/m0/s1. The molecular weight excluding hydrogens is 350 g/mol. The third-order valence-electron chi connectivity index (χ3n) is 4.81. The van der Waals surface area contributed by atoms with Gasteiger partial charge in [-0.3, -0.25) is 4.79 Å². The minimum absolute atomic E-state index is 0.0569. The highest BCUT2D eigenvalue weighted by molar-refractivity contribution is 5.81. The van der Waals surface area contributed by atoms with Gasteiger partial charge in [0.15, 0.2) is 6.10 Å². The van der Waals surface area contributed by atoms with Crippen LogP contribution in [-0.4, -0.2) is 19.1 Å². The van der Waals surface area contributed by atoms with Crippen LogP contribution in [0.25, 0.3) is 0 Å². The topological polar surface area (TPSA) is 47.6 Å². The zero-order chi connectivity index (χ0) is 20.5. The van der Waals surface area contributed by atoms with E-state index >= 15 is 0 Å². The molecule has 2 aromatic rings. The van der Waals surface area contributed by atoms with Crippen LogP contribution in [0.15, 0.2) is 48.5 Å². The molecule has 1 N–H and O–H groups in total. The first kappa shape index (κ1) is 21.8. The Balaban J connectivity index is 2.10. The Bertz CT molecular complexity index is 723. The number of benzene rings is 2. The highest BCUT2D eigenvalue weighted by Gasteiger charge is 2.23. The Labute approximate surface area is 169 Å². The molecule has 2 atom stereocenters. The third-order valence-corrected chi connectivity index (χ3v) is 4.81. The minimum atomic E-state index is -0.514. The molecule has 0 saturated carbocycles. The van der Waals surface area contributed by atoms with Gasteiger partial charge in [-0.25, -0.2) is 0 Å². The smallest absolute Gasteiger partial charge is 0.261 e. The fourth-order valence-corrected chi connectivity index (χ4v) is 3.14. The zero-order valence-corrected chi connectivity index (χ0v) is 17.7. The van der Waals surface area contributed by atoms with E-state index in [-0.39, 0.29) is 11.9 Å². The third kappa shape index (κ3) is 6.29.